The van der Waals surface area contributed by atoms with Gasteiger partial charge in [0.2, 0.25) is 10.0 Å². The average molecular weight is 300 g/mol. The van der Waals surface area contributed by atoms with E-state index in [1.165, 1.54) is 25.2 Å². The van der Waals surface area contributed by atoms with Gasteiger partial charge in [-0.1, -0.05) is 0 Å². The Morgan fingerprint density at radius 3 is 2.75 bits per heavy atom. The predicted molar refractivity (Wildman–Crippen MR) is 72.0 cm³/mol. The van der Waals surface area contributed by atoms with E-state index in [2.05, 4.69) is 0 Å². The van der Waals surface area contributed by atoms with Gasteiger partial charge < -0.3 is 15.6 Å². The Balaban J connectivity index is 2.47. The SMILES string of the molecule is CN(C1CCOC1)S(=O)(=O)c1cc(N)ccc1C(=O)O. The maximum atomic E-state index is 12.5. The van der Waals surface area contributed by atoms with Gasteiger partial charge in [-0.3, -0.25) is 0 Å². The van der Waals surface area contributed by atoms with E-state index < -0.39 is 16.0 Å². The van der Waals surface area contributed by atoms with Crippen LogP contribution in [0, 0.1) is 0 Å². The zero-order chi connectivity index (χ0) is 14.9. The van der Waals surface area contributed by atoms with Crippen molar-refractivity contribution in [1.82, 2.24) is 4.31 Å². The lowest BCUT2D eigenvalue weighted by molar-refractivity contribution is 0.0692. The molecule has 1 heterocycles. The number of carbonyl (C=O) groups is 1. The molecule has 7 nitrogen and oxygen atoms in total. The monoisotopic (exact) mass is 300 g/mol. The minimum atomic E-state index is -3.93. The average Bonchev–Trinajstić information content (AvgIpc) is 2.91. The maximum Gasteiger partial charge on any atom is 0.337 e. The Bertz CT molecular complexity index is 623. The summed E-state index contributed by atoms with van der Waals surface area (Å²) in [6.45, 7) is 0.799. The number of carboxylic acids is 1. The second-order valence-electron chi connectivity index (χ2n) is 4.60. The first-order valence-electron chi connectivity index (χ1n) is 6.02. The van der Waals surface area contributed by atoms with Gasteiger partial charge in [-0.25, -0.2) is 13.2 Å². The summed E-state index contributed by atoms with van der Waals surface area (Å²) in [6.07, 6.45) is 0.584. The number of benzene rings is 1. The van der Waals surface area contributed by atoms with Crippen molar-refractivity contribution in [3.05, 3.63) is 23.8 Å². The van der Waals surface area contributed by atoms with Crippen molar-refractivity contribution in [1.29, 1.82) is 0 Å². The maximum absolute atomic E-state index is 12.5. The molecule has 1 saturated heterocycles. The molecule has 2 rings (SSSR count). The minimum absolute atomic E-state index is 0.199. The van der Waals surface area contributed by atoms with Gasteiger partial charge >= 0.3 is 5.97 Å². The molecule has 0 saturated carbocycles. The van der Waals surface area contributed by atoms with Crippen molar-refractivity contribution in [3.63, 3.8) is 0 Å². The Morgan fingerprint density at radius 2 is 2.20 bits per heavy atom. The second kappa shape index (κ2) is 5.39. The molecule has 0 radical (unpaired) electrons. The summed E-state index contributed by atoms with van der Waals surface area (Å²) in [7, 11) is -2.51. The molecule has 1 fully saturated rings. The third kappa shape index (κ3) is 2.62. The number of nitrogens with zero attached hydrogens (tertiary/aromatic N) is 1. The van der Waals surface area contributed by atoms with E-state index in [1.54, 1.807) is 0 Å². The zero-order valence-corrected chi connectivity index (χ0v) is 11.8. The highest BCUT2D eigenvalue weighted by Gasteiger charge is 2.33. The van der Waals surface area contributed by atoms with E-state index in [-0.39, 0.29) is 22.2 Å². The molecular weight excluding hydrogens is 284 g/mol. The lowest BCUT2D eigenvalue weighted by Gasteiger charge is -2.23. The van der Waals surface area contributed by atoms with Crippen molar-refractivity contribution in [2.24, 2.45) is 0 Å². The van der Waals surface area contributed by atoms with Crippen LogP contribution in [0.4, 0.5) is 5.69 Å². The Labute approximate surface area is 117 Å². The van der Waals surface area contributed by atoms with Gasteiger partial charge in [-0.2, -0.15) is 4.31 Å². The molecule has 0 aliphatic carbocycles. The normalized spacial score (nSPS) is 19.4. The number of nitrogens with two attached hydrogens (primary N) is 1. The Kier molecular flexibility index (Phi) is 3.98. The molecule has 1 aliphatic heterocycles. The molecule has 1 aromatic carbocycles. The van der Waals surface area contributed by atoms with Gasteiger partial charge in [0.1, 0.15) is 0 Å². The number of anilines is 1. The Morgan fingerprint density at radius 1 is 1.50 bits per heavy atom. The van der Waals surface area contributed by atoms with Crippen LogP contribution in [0.25, 0.3) is 0 Å². The summed E-state index contributed by atoms with van der Waals surface area (Å²) >= 11 is 0. The van der Waals surface area contributed by atoms with Crippen LogP contribution in [-0.2, 0) is 14.8 Å². The van der Waals surface area contributed by atoms with Gasteiger partial charge in [0, 0.05) is 19.3 Å². The van der Waals surface area contributed by atoms with Crippen LogP contribution in [0.15, 0.2) is 23.1 Å². The van der Waals surface area contributed by atoms with Crippen molar-refractivity contribution in [3.8, 4) is 0 Å². The third-order valence-electron chi connectivity index (χ3n) is 3.31. The van der Waals surface area contributed by atoms with E-state index in [0.717, 1.165) is 4.31 Å². The number of ether oxygens (including phenoxy) is 1. The van der Waals surface area contributed by atoms with Crippen molar-refractivity contribution in [2.45, 2.75) is 17.4 Å². The molecule has 1 unspecified atom stereocenters. The van der Waals surface area contributed by atoms with E-state index in [0.29, 0.717) is 19.6 Å². The number of likely N-dealkylation sites (N-methyl/N-ethyl adjacent to an activating group) is 1. The molecule has 1 aliphatic rings. The molecule has 3 N–H and O–H groups in total. The Hall–Kier alpha value is -1.64. The lowest BCUT2D eigenvalue weighted by atomic mass is 10.2. The molecule has 0 spiro atoms. The van der Waals surface area contributed by atoms with Crippen molar-refractivity contribution in [2.75, 3.05) is 26.0 Å². The first-order valence-corrected chi connectivity index (χ1v) is 7.46. The summed E-state index contributed by atoms with van der Waals surface area (Å²) in [5.41, 5.74) is 5.49. The summed E-state index contributed by atoms with van der Waals surface area (Å²) in [5.74, 6) is -1.31. The van der Waals surface area contributed by atoms with Gasteiger partial charge in [0.05, 0.1) is 23.1 Å². The fourth-order valence-electron chi connectivity index (χ4n) is 2.09. The van der Waals surface area contributed by atoms with E-state index in [4.69, 9.17) is 15.6 Å². The molecule has 1 aromatic rings. The van der Waals surface area contributed by atoms with Crippen molar-refractivity contribution < 1.29 is 23.1 Å². The first kappa shape index (κ1) is 14.8. The number of hydrogen-bond donors (Lipinski definition) is 2. The number of hydrogen-bond acceptors (Lipinski definition) is 5. The van der Waals surface area contributed by atoms with Gasteiger partial charge in [-0.15, -0.1) is 0 Å². The highest BCUT2D eigenvalue weighted by Crippen LogP contribution is 2.25. The molecule has 110 valence electrons. The first-order chi connectivity index (χ1) is 9.34. The fourth-order valence-corrected chi connectivity index (χ4v) is 3.68. The highest BCUT2D eigenvalue weighted by atomic mass is 32.2. The number of carboxylic acid groups (broad SMARTS) is 1. The highest BCUT2D eigenvalue weighted by molar-refractivity contribution is 7.89. The summed E-state index contributed by atoms with van der Waals surface area (Å²) < 4.78 is 31.4. The molecule has 0 amide bonds. The minimum Gasteiger partial charge on any atom is -0.478 e. The van der Waals surface area contributed by atoms with Crippen LogP contribution in [0.5, 0.6) is 0 Å². The number of aromatic carboxylic acids is 1. The van der Waals surface area contributed by atoms with Crippen LogP contribution in [0.3, 0.4) is 0 Å². The van der Waals surface area contributed by atoms with Crippen LogP contribution < -0.4 is 5.73 Å². The van der Waals surface area contributed by atoms with Gasteiger partial charge in [0.25, 0.3) is 0 Å². The predicted octanol–water partition coefficient (Wildman–Crippen LogP) is 0.376. The van der Waals surface area contributed by atoms with Gasteiger partial charge in [-0.05, 0) is 24.6 Å². The standard InChI is InChI=1S/C12H16N2O5S/c1-14(9-4-5-19-7-9)20(17,18)11-6-8(13)2-3-10(11)12(15)16/h2-3,6,9H,4-5,7,13H2,1H3,(H,15,16). The molecular formula is C12H16N2O5S. The van der Waals surface area contributed by atoms with Crippen LogP contribution >= 0.6 is 0 Å². The third-order valence-corrected chi connectivity index (χ3v) is 5.26. The van der Waals surface area contributed by atoms with Gasteiger partial charge in [0.15, 0.2) is 0 Å². The van der Waals surface area contributed by atoms with E-state index in [9.17, 15) is 13.2 Å². The number of nitrogen functional groups attached to an aromatic ring is 1. The lowest BCUT2D eigenvalue weighted by Crippen LogP contribution is -2.38. The largest absolute Gasteiger partial charge is 0.478 e. The zero-order valence-electron chi connectivity index (χ0n) is 10.9. The summed E-state index contributed by atoms with van der Waals surface area (Å²) in [6, 6.07) is 3.44. The number of sulfonamides is 1. The quantitative estimate of drug-likeness (QED) is 0.778. The molecule has 0 aromatic heterocycles. The van der Waals surface area contributed by atoms with Crippen molar-refractivity contribution >= 4 is 21.7 Å². The summed E-state index contributed by atoms with van der Waals surface area (Å²) in [4.78, 5) is 10.9. The van der Waals surface area contributed by atoms with E-state index >= 15 is 0 Å². The number of rotatable bonds is 4. The smallest absolute Gasteiger partial charge is 0.337 e. The molecule has 8 heteroatoms. The molecule has 0 bridgehead atoms. The molecule has 20 heavy (non-hydrogen) atoms. The summed E-state index contributed by atoms with van der Waals surface area (Å²) in [5, 5.41) is 9.12. The van der Waals surface area contributed by atoms with Crippen LogP contribution in [0.1, 0.15) is 16.8 Å². The topological polar surface area (TPSA) is 110 Å². The van der Waals surface area contributed by atoms with Crippen LogP contribution in [-0.4, -0.2) is 50.1 Å². The van der Waals surface area contributed by atoms with E-state index in [1.807, 2.05) is 0 Å². The second-order valence-corrected chi connectivity index (χ2v) is 6.57. The fraction of sp³-hybridized carbons (Fsp3) is 0.417. The van der Waals surface area contributed by atoms with Crippen LogP contribution in [0.2, 0.25) is 0 Å². The molecule has 1 atom stereocenters.